The lowest BCUT2D eigenvalue weighted by atomic mass is 9.95. The standard InChI is InChI=1S/C14H18N2O2/c1-8(14(17)18)7-11(15)13-9(2)16-12-6-4-3-5-10(12)13/h3-6,8,11,16H,7,15H2,1-2H3,(H,17,18). The van der Waals surface area contributed by atoms with Crippen LogP contribution in [0.5, 0.6) is 0 Å². The highest BCUT2D eigenvalue weighted by molar-refractivity contribution is 5.85. The molecule has 0 spiro atoms. The van der Waals surface area contributed by atoms with Crippen LogP contribution in [-0.4, -0.2) is 16.1 Å². The highest BCUT2D eigenvalue weighted by Crippen LogP contribution is 2.29. The zero-order chi connectivity index (χ0) is 13.3. The Labute approximate surface area is 106 Å². The molecule has 4 N–H and O–H groups in total. The first kappa shape index (κ1) is 12.6. The monoisotopic (exact) mass is 246 g/mol. The Hall–Kier alpha value is -1.81. The molecule has 0 aliphatic carbocycles. The maximum atomic E-state index is 10.9. The zero-order valence-electron chi connectivity index (χ0n) is 10.6. The molecule has 2 rings (SSSR count). The molecule has 4 heteroatoms. The van der Waals surface area contributed by atoms with Gasteiger partial charge in [0.2, 0.25) is 0 Å². The van der Waals surface area contributed by atoms with Gasteiger partial charge in [-0.25, -0.2) is 0 Å². The number of carboxylic acid groups (broad SMARTS) is 1. The summed E-state index contributed by atoms with van der Waals surface area (Å²) in [5, 5.41) is 10.0. The van der Waals surface area contributed by atoms with Crippen molar-refractivity contribution >= 4 is 16.9 Å². The van der Waals surface area contributed by atoms with E-state index in [1.165, 1.54) is 0 Å². The predicted octanol–water partition coefficient (Wildman–Crippen LogP) is 2.59. The van der Waals surface area contributed by atoms with Crippen molar-refractivity contribution in [2.75, 3.05) is 0 Å². The summed E-state index contributed by atoms with van der Waals surface area (Å²) < 4.78 is 0. The number of aromatic nitrogens is 1. The molecule has 1 aromatic heterocycles. The molecule has 1 heterocycles. The first-order valence-electron chi connectivity index (χ1n) is 6.06. The zero-order valence-corrected chi connectivity index (χ0v) is 10.6. The molecule has 0 aliphatic heterocycles. The number of nitrogens with one attached hydrogen (secondary N) is 1. The van der Waals surface area contributed by atoms with Crippen LogP contribution in [0.1, 0.15) is 30.6 Å². The number of aliphatic carboxylic acids is 1. The Morgan fingerprint density at radius 2 is 2.11 bits per heavy atom. The number of hydrogen-bond acceptors (Lipinski definition) is 2. The molecule has 96 valence electrons. The van der Waals surface area contributed by atoms with Crippen molar-refractivity contribution in [3.8, 4) is 0 Å². The molecule has 4 nitrogen and oxygen atoms in total. The van der Waals surface area contributed by atoms with Crippen LogP contribution in [0.4, 0.5) is 0 Å². The first-order chi connectivity index (χ1) is 8.50. The van der Waals surface area contributed by atoms with Gasteiger partial charge in [-0.05, 0) is 25.0 Å². The lowest BCUT2D eigenvalue weighted by Crippen LogP contribution is -2.19. The van der Waals surface area contributed by atoms with Crippen LogP contribution in [0, 0.1) is 12.8 Å². The lowest BCUT2D eigenvalue weighted by molar-refractivity contribution is -0.141. The second-order valence-corrected chi connectivity index (χ2v) is 4.79. The van der Waals surface area contributed by atoms with E-state index < -0.39 is 11.9 Å². The molecule has 0 bridgehead atoms. The predicted molar refractivity (Wildman–Crippen MR) is 71.4 cm³/mol. The molecule has 0 radical (unpaired) electrons. The fourth-order valence-electron chi connectivity index (χ4n) is 2.38. The van der Waals surface area contributed by atoms with Crippen molar-refractivity contribution in [2.45, 2.75) is 26.3 Å². The van der Waals surface area contributed by atoms with Crippen LogP contribution in [0.15, 0.2) is 24.3 Å². The van der Waals surface area contributed by atoms with Gasteiger partial charge in [0.1, 0.15) is 0 Å². The number of nitrogens with two attached hydrogens (primary N) is 1. The van der Waals surface area contributed by atoms with Gasteiger partial charge in [-0.15, -0.1) is 0 Å². The van der Waals surface area contributed by atoms with E-state index in [-0.39, 0.29) is 6.04 Å². The molecule has 1 aromatic carbocycles. The van der Waals surface area contributed by atoms with Gasteiger partial charge in [0, 0.05) is 22.6 Å². The Morgan fingerprint density at radius 1 is 1.44 bits per heavy atom. The number of fused-ring (bicyclic) bond motifs is 1. The number of rotatable bonds is 4. The van der Waals surface area contributed by atoms with E-state index in [1.807, 2.05) is 31.2 Å². The minimum atomic E-state index is -0.803. The van der Waals surface area contributed by atoms with E-state index in [0.717, 1.165) is 22.2 Å². The highest BCUT2D eigenvalue weighted by Gasteiger charge is 2.20. The number of carboxylic acids is 1. The molecular formula is C14H18N2O2. The SMILES string of the molecule is Cc1[nH]c2ccccc2c1C(N)CC(C)C(=O)O. The van der Waals surface area contributed by atoms with E-state index in [2.05, 4.69) is 4.98 Å². The first-order valence-corrected chi connectivity index (χ1v) is 6.06. The summed E-state index contributed by atoms with van der Waals surface area (Å²) in [6.45, 7) is 3.66. The highest BCUT2D eigenvalue weighted by atomic mass is 16.4. The molecule has 18 heavy (non-hydrogen) atoms. The summed E-state index contributed by atoms with van der Waals surface area (Å²) >= 11 is 0. The third-order valence-electron chi connectivity index (χ3n) is 3.34. The Morgan fingerprint density at radius 3 is 2.78 bits per heavy atom. The molecule has 2 atom stereocenters. The van der Waals surface area contributed by atoms with E-state index in [9.17, 15) is 4.79 Å². The molecule has 0 saturated carbocycles. The second-order valence-electron chi connectivity index (χ2n) is 4.79. The summed E-state index contributed by atoms with van der Waals surface area (Å²) in [5.41, 5.74) is 9.25. The van der Waals surface area contributed by atoms with Crippen LogP contribution >= 0.6 is 0 Å². The van der Waals surface area contributed by atoms with Crippen molar-refractivity contribution in [2.24, 2.45) is 11.7 Å². The van der Waals surface area contributed by atoms with Gasteiger partial charge in [-0.2, -0.15) is 0 Å². The maximum Gasteiger partial charge on any atom is 0.306 e. The van der Waals surface area contributed by atoms with Crippen molar-refractivity contribution in [1.29, 1.82) is 0 Å². The minimum absolute atomic E-state index is 0.257. The fourth-order valence-corrected chi connectivity index (χ4v) is 2.38. The van der Waals surface area contributed by atoms with E-state index in [4.69, 9.17) is 10.8 Å². The largest absolute Gasteiger partial charge is 0.481 e. The van der Waals surface area contributed by atoms with Crippen molar-refractivity contribution in [3.63, 3.8) is 0 Å². The Balaban J connectivity index is 2.35. The molecule has 2 aromatic rings. The van der Waals surface area contributed by atoms with Crippen molar-refractivity contribution < 1.29 is 9.90 Å². The number of hydrogen-bond donors (Lipinski definition) is 3. The van der Waals surface area contributed by atoms with Crippen LogP contribution < -0.4 is 5.73 Å². The average molecular weight is 246 g/mol. The number of para-hydroxylation sites is 1. The number of benzene rings is 1. The van der Waals surface area contributed by atoms with Gasteiger partial charge < -0.3 is 15.8 Å². The van der Waals surface area contributed by atoms with Crippen LogP contribution in [0.2, 0.25) is 0 Å². The van der Waals surface area contributed by atoms with Gasteiger partial charge in [0.15, 0.2) is 0 Å². The van der Waals surface area contributed by atoms with E-state index >= 15 is 0 Å². The van der Waals surface area contributed by atoms with E-state index in [0.29, 0.717) is 6.42 Å². The topological polar surface area (TPSA) is 79.1 Å². The van der Waals surface area contributed by atoms with Crippen LogP contribution in [0.3, 0.4) is 0 Å². The normalized spacial score (nSPS) is 14.6. The molecule has 0 fully saturated rings. The van der Waals surface area contributed by atoms with Crippen LogP contribution in [-0.2, 0) is 4.79 Å². The smallest absolute Gasteiger partial charge is 0.306 e. The third-order valence-corrected chi connectivity index (χ3v) is 3.34. The van der Waals surface area contributed by atoms with Gasteiger partial charge >= 0.3 is 5.97 Å². The van der Waals surface area contributed by atoms with E-state index in [1.54, 1.807) is 6.92 Å². The second kappa shape index (κ2) is 4.82. The Kier molecular flexibility index (Phi) is 3.39. The van der Waals surface area contributed by atoms with Crippen molar-refractivity contribution in [3.05, 3.63) is 35.5 Å². The summed E-state index contributed by atoms with van der Waals surface area (Å²) in [4.78, 5) is 14.2. The average Bonchev–Trinajstić information content (AvgIpc) is 2.64. The molecule has 0 aliphatic rings. The summed E-state index contributed by atoms with van der Waals surface area (Å²) in [6.07, 6.45) is 0.442. The summed E-state index contributed by atoms with van der Waals surface area (Å²) in [6, 6.07) is 7.69. The third kappa shape index (κ3) is 2.24. The number of aromatic amines is 1. The lowest BCUT2D eigenvalue weighted by Gasteiger charge is -2.15. The summed E-state index contributed by atoms with van der Waals surface area (Å²) in [5.74, 6) is -1.24. The van der Waals surface area contributed by atoms with Gasteiger partial charge in [0.25, 0.3) is 0 Å². The van der Waals surface area contributed by atoms with Gasteiger partial charge in [0.05, 0.1) is 5.92 Å². The molecular weight excluding hydrogens is 228 g/mol. The number of carbonyl (C=O) groups is 1. The maximum absolute atomic E-state index is 10.9. The number of aryl methyl sites for hydroxylation is 1. The fraction of sp³-hybridized carbons (Fsp3) is 0.357. The minimum Gasteiger partial charge on any atom is -0.481 e. The van der Waals surface area contributed by atoms with Gasteiger partial charge in [-0.1, -0.05) is 25.1 Å². The van der Waals surface area contributed by atoms with Crippen molar-refractivity contribution in [1.82, 2.24) is 4.98 Å². The quantitative estimate of drug-likeness (QED) is 0.775. The Bertz CT molecular complexity index is 574. The summed E-state index contributed by atoms with van der Waals surface area (Å²) in [7, 11) is 0. The molecule has 2 unspecified atom stereocenters. The van der Waals surface area contributed by atoms with Gasteiger partial charge in [-0.3, -0.25) is 4.79 Å². The molecule has 0 saturated heterocycles. The number of H-pyrrole nitrogens is 1. The van der Waals surface area contributed by atoms with Crippen LogP contribution in [0.25, 0.3) is 10.9 Å². The molecule has 0 amide bonds.